The molecule has 0 bridgehead atoms. The standard InChI is InChI=1S/C14H19N3O/c1-9(2)13(8-18)17-14-6-3-10-7-11(15)4-5-12(10)16-14/h3-7,9,13,18H,8,15H2,1-2H3,(H,16,17). The van der Waals surface area contributed by atoms with Crippen LogP contribution in [0.4, 0.5) is 11.5 Å². The third-order valence-corrected chi connectivity index (χ3v) is 3.05. The van der Waals surface area contributed by atoms with Crippen molar-refractivity contribution < 1.29 is 5.11 Å². The SMILES string of the molecule is CC(C)C(CO)Nc1ccc2cc(N)ccc2n1. The molecule has 96 valence electrons. The van der Waals surface area contributed by atoms with Gasteiger partial charge in [0.25, 0.3) is 0 Å². The average Bonchev–Trinajstić information content (AvgIpc) is 2.35. The minimum atomic E-state index is 0.0173. The van der Waals surface area contributed by atoms with Crippen LogP contribution in [0, 0.1) is 5.92 Å². The summed E-state index contributed by atoms with van der Waals surface area (Å²) in [5.41, 5.74) is 7.36. The van der Waals surface area contributed by atoms with E-state index >= 15 is 0 Å². The molecule has 2 rings (SSSR count). The molecular formula is C14H19N3O. The van der Waals surface area contributed by atoms with Crippen molar-refractivity contribution in [3.63, 3.8) is 0 Å². The first-order valence-electron chi connectivity index (χ1n) is 6.14. The highest BCUT2D eigenvalue weighted by Crippen LogP contribution is 2.19. The normalized spacial score (nSPS) is 12.9. The molecule has 0 spiro atoms. The number of nitrogens with two attached hydrogens (primary N) is 1. The fourth-order valence-corrected chi connectivity index (χ4v) is 1.84. The van der Waals surface area contributed by atoms with Crippen LogP contribution in [0.2, 0.25) is 0 Å². The fourth-order valence-electron chi connectivity index (χ4n) is 1.84. The molecule has 4 N–H and O–H groups in total. The summed E-state index contributed by atoms with van der Waals surface area (Å²) >= 11 is 0. The van der Waals surface area contributed by atoms with Crippen LogP contribution in [0.1, 0.15) is 13.8 Å². The molecule has 1 atom stereocenters. The predicted molar refractivity (Wildman–Crippen MR) is 75.5 cm³/mol. The second-order valence-corrected chi connectivity index (χ2v) is 4.83. The van der Waals surface area contributed by atoms with Gasteiger partial charge in [0, 0.05) is 11.1 Å². The van der Waals surface area contributed by atoms with E-state index in [0.717, 1.165) is 22.4 Å². The Kier molecular flexibility index (Phi) is 3.67. The lowest BCUT2D eigenvalue weighted by molar-refractivity contribution is 0.249. The summed E-state index contributed by atoms with van der Waals surface area (Å²) in [6.45, 7) is 4.23. The summed E-state index contributed by atoms with van der Waals surface area (Å²) in [5.74, 6) is 1.12. The molecule has 0 saturated carbocycles. The highest BCUT2D eigenvalue weighted by Gasteiger charge is 2.12. The maximum atomic E-state index is 9.30. The Morgan fingerprint density at radius 2 is 2.06 bits per heavy atom. The van der Waals surface area contributed by atoms with Crippen LogP contribution in [0.3, 0.4) is 0 Å². The monoisotopic (exact) mass is 245 g/mol. The Labute approximate surface area is 107 Å². The molecule has 1 unspecified atom stereocenters. The van der Waals surface area contributed by atoms with Crippen LogP contribution >= 0.6 is 0 Å². The molecule has 1 heterocycles. The lowest BCUT2D eigenvalue weighted by atomic mass is 10.1. The summed E-state index contributed by atoms with van der Waals surface area (Å²) in [4.78, 5) is 4.51. The third-order valence-electron chi connectivity index (χ3n) is 3.05. The summed E-state index contributed by atoms with van der Waals surface area (Å²) in [6, 6.07) is 9.55. The lowest BCUT2D eigenvalue weighted by Gasteiger charge is -2.20. The van der Waals surface area contributed by atoms with Gasteiger partial charge in [-0.2, -0.15) is 0 Å². The van der Waals surface area contributed by atoms with Gasteiger partial charge < -0.3 is 16.2 Å². The minimum absolute atomic E-state index is 0.0173. The van der Waals surface area contributed by atoms with Gasteiger partial charge in [-0.25, -0.2) is 4.98 Å². The van der Waals surface area contributed by atoms with Crippen molar-refractivity contribution in [1.29, 1.82) is 0 Å². The van der Waals surface area contributed by atoms with Crippen molar-refractivity contribution in [2.75, 3.05) is 17.7 Å². The van der Waals surface area contributed by atoms with Gasteiger partial charge in [-0.15, -0.1) is 0 Å². The molecule has 1 aromatic carbocycles. The number of aromatic nitrogens is 1. The zero-order valence-electron chi connectivity index (χ0n) is 10.7. The molecule has 0 aliphatic carbocycles. The number of nitrogen functional groups attached to an aromatic ring is 1. The van der Waals surface area contributed by atoms with E-state index in [1.54, 1.807) is 0 Å². The maximum absolute atomic E-state index is 9.30. The van der Waals surface area contributed by atoms with Crippen LogP contribution in [0.15, 0.2) is 30.3 Å². The lowest BCUT2D eigenvalue weighted by Crippen LogP contribution is -2.29. The number of hydrogen-bond acceptors (Lipinski definition) is 4. The topological polar surface area (TPSA) is 71.2 Å². The molecule has 4 nitrogen and oxygen atoms in total. The van der Waals surface area contributed by atoms with E-state index in [0.29, 0.717) is 5.92 Å². The minimum Gasteiger partial charge on any atom is -0.399 e. The van der Waals surface area contributed by atoms with Crippen molar-refractivity contribution in [3.8, 4) is 0 Å². The molecule has 2 aromatic rings. The van der Waals surface area contributed by atoms with Crippen LogP contribution in [0.25, 0.3) is 10.9 Å². The number of rotatable bonds is 4. The van der Waals surface area contributed by atoms with Gasteiger partial charge in [-0.1, -0.05) is 13.8 Å². The predicted octanol–water partition coefficient (Wildman–Crippen LogP) is 2.25. The van der Waals surface area contributed by atoms with E-state index in [2.05, 4.69) is 24.1 Å². The number of nitrogens with one attached hydrogen (secondary N) is 1. The number of hydrogen-bond donors (Lipinski definition) is 3. The van der Waals surface area contributed by atoms with Gasteiger partial charge in [0.1, 0.15) is 5.82 Å². The van der Waals surface area contributed by atoms with Crippen LogP contribution < -0.4 is 11.1 Å². The summed E-state index contributed by atoms with van der Waals surface area (Å²) in [6.07, 6.45) is 0. The number of aliphatic hydroxyl groups is 1. The van der Waals surface area contributed by atoms with Gasteiger partial charge in [-0.05, 0) is 36.2 Å². The molecular weight excluding hydrogens is 226 g/mol. The highest BCUT2D eigenvalue weighted by atomic mass is 16.3. The summed E-state index contributed by atoms with van der Waals surface area (Å²) in [5, 5.41) is 13.6. The van der Waals surface area contributed by atoms with Crippen LogP contribution in [0.5, 0.6) is 0 Å². The van der Waals surface area contributed by atoms with E-state index in [1.165, 1.54) is 0 Å². The van der Waals surface area contributed by atoms with Crippen LogP contribution in [-0.2, 0) is 0 Å². The number of benzene rings is 1. The van der Waals surface area contributed by atoms with Gasteiger partial charge in [0.15, 0.2) is 0 Å². The Morgan fingerprint density at radius 3 is 2.72 bits per heavy atom. The number of nitrogens with zero attached hydrogens (tertiary/aromatic N) is 1. The summed E-state index contributed by atoms with van der Waals surface area (Å²) < 4.78 is 0. The fraction of sp³-hybridized carbons (Fsp3) is 0.357. The van der Waals surface area contributed by atoms with Gasteiger partial charge >= 0.3 is 0 Å². The second-order valence-electron chi connectivity index (χ2n) is 4.83. The molecule has 0 radical (unpaired) electrons. The first-order chi connectivity index (χ1) is 8.60. The van der Waals surface area contributed by atoms with Crippen molar-refractivity contribution in [2.24, 2.45) is 5.92 Å². The Hall–Kier alpha value is -1.81. The molecule has 1 aromatic heterocycles. The van der Waals surface area contributed by atoms with E-state index in [4.69, 9.17) is 5.73 Å². The largest absolute Gasteiger partial charge is 0.399 e. The molecule has 18 heavy (non-hydrogen) atoms. The van der Waals surface area contributed by atoms with Crippen molar-refractivity contribution in [1.82, 2.24) is 4.98 Å². The zero-order valence-corrected chi connectivity index (χ0v) is 10.7. The molecule has 0 aliphatic rings. The van der Waals surface area contributed by atoms with Gasteiger partial charge in [-0.3, -0.25) is 0 Å². The molecule has 0 saturated heterocycles. The van der Waals surface area contributed by atoms with E-state index in [9.17, 15) is 5.11 Å². The van der Waals surface area contributed by atoms with E-state index in [1.807, 2.05) is 30.3 Å². The zero-order chi connectivity index (χ0) is 13.1. The van der Waals surface area contributed by atoms with Crippen molar-refractivity contribution in [2.45, 2.75) is 19.9 Å². The first kappa shape index (κ1) is 12.6. The Bertz CT molecular complexity index is 540. The van der Waals surface area contributed by atoms with Crippen molar-refractivity contribution >= 4 is 22.4 Å². The first-order valence-corrected chi connectivity index (χ1v) is 6.14. The second kappa shape index (κ2) is 5.23. The quantitative estimate of drug-likeness (QED) is 0.722. The van der Waals surface area contributed by atoms with E-state index < -0.39 is 0 Å². The summed E-state index contributed by atoms with van der Waals surface area (Å²) in [7, 11) is 0. The molecule has 0 fully saturated rings. The third kappa shape index (κ3) is 2.71. The highest BCUT2D eigenvalue weighted by molar-refractivity contribution is 5.83. The maximum Gasteiger partial charge on any atom is 0.126 e. The van der Waals surface area contributed by atoms with Crippen LogP contribution in [-0.4, -0.2) is 22.7 Å². The van der Waals surface area contributed by atoms with Gasteiger partial charge in [0.2, 0.25) is 0 Å². The smallest absolute Gasteiger partial charge is 0.126 e. The van der Waals surface area contributed by atoms with E-state index in [-0.39, 0.29) is 12.6 Å². The van der Waals surface area contributed by atoms with Crippen molar-refractivity contribution in [3.05, 3.63) is 30.3 Å². The molecule has 0 aliphatic heterocycles. The Morgan fingerprint density at radius 1 is 1.28 bits per heavy atom. The van der Waals surface area contributed by atoms with Gasteiger partial charge in [0.05, 0.1) is 18.2 Å². The Balaban J connectivity index is 2.27. The number of anilines is 2. The molecule has 0 amide bonds. The number of aliphatic hydroxyl groups excluding tert-OH is 1. The number of fused-ring (bicyclic) bond motifs is 1. The molecule has 4 heteroatoms. The average molecular weight is 245 g/mol. The number of pyridine rings is 1.